The molecule has 1 aromatic rings. The molecule has 4 nitrogen and oxygen atoms in total. The predicted molar refractivity (Wildman–Crippen MR) is 62.2 cm³/mol. The summed E-state index contributed by atoms with van der Waals surface area (Å²) in [5, 5.41) is 0. The first-order chi connectivity index (χ1) is 7.65. The lowest BCUT2D eigenvalue weighted by molar-refractivity contribution is -0.136. The number of hydrogen-bond acceptors (Lipinski definition) is 4. The van der Waals surface area contributed by atoms with Crippen molar-refractivity contribution in [1.82, 2.24) is 4.98 Å². The van der Waals surface area contributed by atoms with E-state index in [1.54, 1.807) is 19.3 Å². The molecule has 1 heterocycles. The highest BCUT2D eigenvalue weighted by Crippen LogP contribution is 2.01. The molecule has 0 saturated carbocycles. The SMILES string of the molecule is COC(=O)/C(C)=C/N=C(\C)c1cccnc1. The summed E-state index contributed by atoms with van der Waals surface area (Å²) in [6.07, 6.45) is 4.92. The summed E-state index contributed by atoms with van der Waals surface area (Å²) in [6, 6.07) is 3.75. The van der Waals surface area contributed by atoms with E-state index in [0.717, 1.165) is 11.3 Å². The van der Waals surface area contributed by atoms with Gasteiger partial charge in [0.15, 0.2) is 0 Å². The normalized spacial score (nSPS) is 12.4. The number of carbonyl (C=O) groups excluding carboxylic acids is 1. The van der Waals surface area contributed by atoms with Gasteiger partial charge in [-0.3, -0.25) is 9.98 Å². The third-order valence-corrected chi connectivity index (χ3v) is 2.04. The van der Waals surface area contributed by atoms with Crippen molar-refractivity contribution in [1.29, 1.82) is 0 Å². The van der Waals surface area contributed by atoms with Gasteiger partial charge in [-0.15, -0.1) is 0 Å². The fourth-order valence-corrected chi connectivity index (χ4v) is 1.06. The van der Waals surface area contributed by atoms with E-state index in [9.17, 15) is 4.79 Å². The second-order valence-corrected chi connectivity index (χ2v) is 3.26. The summed E-state index contributed by atoms with van der Waals surface area (Å²) in [5.41, 5.74) is 2.19. The average molecular weight is 218 g/mol. The van der Waals surface area contributed by atoms with Gasteiger partial charge in [-0.2, -0.15) is 0 Å². The van der Waals surface area contributed by atoms with Crippen molar-refractivity contribution in [3.8, 4) is 0 Å². The zero-order chi connectivity index (χ0) is 12.0. The number of aliphatic imine (C=N–C) groups is 1. The van der Waals surface area contributed by atoms with Crippen LogP contribution in [0.2, 0.25) is 0 Å². The maximum atomic E-state index is 11.1. The first kappa shape index (κ1) is 12.1. The molecule has 0 radical (unpaired) electrons. The first-order valence-corrected chi connectivity index (χ1v) is 4.85. The molecule has 84 valence electrons. The van der Waals surface area contributed by atoms with Crippen molar-refractivity contribution in [3.63, 3.8) is 0 Å². The zero-order valence-electron chi connectivity index (χ0n) is 9.60. The van der Waals surface area contributed by atoms with Crippen molar-refractivity contribution in [2.75, 3.05) is 7.11 Å². The van der Waals surface area contributed by atoms with Crippen LogP contribution in [0.3, 0.4) is 0 Å². The Bertz CT molecular complexity index is 422. The molecule has 0 aliphatic rings. The van der Waals surface area contributed by atoms with Crippen LogP contribution in [0.5, 0.6) is 0 Å². The molecule has 0 amide bonds. The summed E-state index contributed by atoms with van der Waals surface area (Å²) in [6.45, 7) is 3.52. The predicted octanol–water partition coefficient (Wildman–Crippen LogP) is 1.97. The van der Waals surface area contributed by atoms with Crippen LogP contribution in [-0.2, 0) is 9.53 Å². The number of aromatic nitrogens is 1. The largest absolute Gasteiger partial charge is 0.466 e. The average Bonchev–Trinajstić information content (AvgIpc) is 2.35. The van der Waals surface area contributed by atoms with Crippen molar-refractivity contribution in [2.24, 2.45) is 4.99 Å². The molecule has 0 aromatic carbocycles. The van der Waals surface area contributed by atoms with Gasteiger partial charge in [-0.05, 0) is 19.9 Å². The molecule has 0 N–H and O–H groups in total. The third-order valence-electron chi connectivity index (χ3n) is 2.04. The van der Waals surface area contributed by atoms with Gasteiger partial charge in [-0.1, -0.05) is 6.07 Å². The Morgan fingerprint density at radius 2 is 2.25 bits per heavy atom. The Hall–Kier alpha value is -1.97. The van der Waals surface area contributed by atoms with E-state index in [0.29, 0.717) is 5.57 Å². The Kier molecular flexibility index (Phi) is 4.39. The molecule has 1 rings (SSSR count). The second kappa shape index (κ2) is 5.80. The van der Waals surface area contributed by atoms with E-state index in [-0.39, 0.29) is 5.97 Å². The lowest BCUT2D eigenvalue weighted by atomic mass is 10.2. The first-order valence-electron chi connectivity index (χ1n) is 4.85. The molecule has 1 aromatic heterocycles. The van der Waals surface area contributed by atoms with Crippen LogP contribution in [0, 0.1) is 0 Å². The Balaban J connectivity index is 2.83. The molecule has 0 aliphatic carbocycles. The van der Waals surface area contributed by atoms with Gasteiger partial charge in [0.1, 0.15) is 0 Å². The highest BCUT2D eigenvalue weighted by Gasteiger charge is 2.01. The van der Waals surface area contributed by atoms with Crippen molar-refractivity contribution >= 4 is 11.7 Å². The van der Waals surface area contributed by atoms with Crippen LogP contribution in [0.15, 0.2) is 41.3 Å². The molecule has 0 saturated heterocycles. The molecule has 0 unspecified atom stereocenters. The maximum absolute atomic E-state index is 11.1. The third kappa shape index (κ3) is 3.31. The van der Waals surface area contributed by atoms with Crippen molar-refractivity contribution in [2.45, 2.75) is 13.8 Å². The van der Waals surface area contributed by atoms with Crippen LogP contribution in [0.4, 0.5) is 0 Å². The van der Waals surface area contributed by atoms with Crippen LogP contribution < -0.4 is 0 Å². The number of rotatable bonds is 3. The quantitative estimate of drug-likeness (QED) is 0.442. The number of esters is 1. The van der Waals surface area contributed by atoms with E-state index >= 15 is 0 Å². The molecule has 4 heteroatoms. The minimum absolute atomic E-state index is 0.372. The Labute approximate surface area is 94.7 Å². The number of carbonyl (C=O) groups is 1. The number of methoxy groups -OCH3 is 1. The smallest absolute Gasteiger partial charge is 0.334 e. The van der Waals surface area contributed by atoms with Gasteiger partial charge < -0.3 is 4.74 Å². The Morgan fingerprint density at radius 3 is 2.81 bits per heavy atom. The molecule has 0 atom stereocenters. The standard InChI is InChI=1S/C12H14N2O2/c1-9(12(15)16-3)7-14-10(2)11-5-4-6-13-8-11/h4-8H,1-3H3/b9-7+,14-10+. The van der Waals surface area contributed by atoms with Crippen LogP contribution in [-0.4, -0.2) is 23.8 Å². The number of ether oxygens (including phenoxy) is 1. The van der Waals surface area contributed by atoms with E-state index in [1.165, 1.54) is 13.3 Å². The van der Waals surface area contributed by atoms with E-state index in [2.05, 4.69) is 14.7 Å². The highest BCUT2D eigenvalue weighted by molar-refractivity contribution is 5.99. The van der Waals surface area contributed by atoms with E-state index < -0.39 is 0 Å². The summed E-state index contributed by atoms with van der Waals surface area (Å²) in [4.78, 5) is 19.3. The van der Waals surface area contributed by atoms with Gasteiger partial charge in [0.2, 0.25) is 0 Å². The van der Waals surface area contributed by atoms with Gasteiger partial charge >= 0.3 is 5.97 Å². The summed E-state index contributed by atoms with van der Waals surface area (Å²) in [5.74, 6) is -0.372. The minimum Gasteiger partial charge on any atom is -0.466 e. The molecular weight excluding hydrogens is 204 g/mol. The lowest BCUT2D eigenvalue weighted by Gasteiger charge is -1.98. The van der Waals surface area contributed by atoms with Gasteiger partial charge in [0.25, 0.3) is 0 Å². The van der Waals surface area contributed by atoms with Crippen LogP contribution >= 0.6 is 0 Å². The molecule has 0 spiro atoms. The zero-order valence-corrected chi connectivity index (χ0v) is 9.60. The van der Waals surface area contributed by atoms with Crippen molar-refractivity contribution in [3.05, 3.63) is 41.9 Å². The topological polar surface area (TPSA) is 51.5 Å². The van der Waals surface area contributed by atoms with E-state index in [4.69, 9.17) is 0 Å². The summed E-state index contributed by atoms with van der Waals surface area (Å²) < 4.78 is 4.56. The summed E-state index contributed by atoms with van der Waals surface area (Å²) in [7, 11) is 1.34. The number of pyridine rings is 1. The molecular formula is C12H14N2O2. The van der Waals surface area contributed by atoms with Crippen LogP contribution in [0.1, 0.15) is 19.4 Å². The molecule has 0 bridgehead atoms. The fourth-order valence-electron chi connectivity index (χ4n) is 1.06. The number of hydrogen-bond donors (Lipinski definition) is 0. The van der Waals surface area contributed by atoms with Crippen molar-refractivity contribution < 1.29 is 9.53 Å². The van der Waals surface area contributed by atoms with Gasteiger partial charge in [-0.25, -0.2) is 4.79 Å². The minimum atomic E-state index is -0.372. The highest BCUT2D eigenvalue weighted by atomic mass is 16.5. The Morgan fingerprint density at radius 1 is 1.50 bits per heavy atom. The second-order valence-electron chi connectivity index (χ2n) is 3.26. The fraction of sp³-hybridized carbons (Fsp3) is 0.250. The van der Waals surface area contributed by atoms with Gasteiger partial charge in [0, 0.05) is 29.9 Å². The molecule has 0 aliphatic heterocycles. The lowest BCUT2D eigenvalue weighted by Crippen LogP contribution is -2.01. The van der Waals surface area contributed by atoms with Gasteiger partial charge in [0.05, 0.1) is 12.7 Å². The summed E-state index contributed by atoms with van der Waals surface area (Å²) >= 11 is 0. The monoisotopic (exact) mass is 218 g/mol. The maximum Gasteiger partial charge on any atom is 0.334 e. The molecule has 16 heavy (non-hydrogen) atoms. The number of nitrogens with zero attached hydrogens (tertiary/aromatic N) is 2. The molecule has 0 fully saturated rings. The van der Waals surface area contributed by atoms with E-state index in [1.807, 2.05) is 19.1 Å². The van der Waals surface area contributed by atoms with Crippen LogP contribution in [0.25, 0.3) is 0 Å².